The molecule has 0 aromatic heterocycles. The number of anilines is 2. The van der Waals surface area contributed by atoms with E-state index in [9.17, 15) is 13.2 Å². The summed E-state index contributed by atoms with van der Waals surface area (Å²) in [5.41, 5.74) is 2.87. The summed E-state index contributed by atoms with van der Waals surface area (Å²) in [5, 5.41) is 0. The predicted molar refractivity (Wildman–Crippen MR) is 99.5 cm³/mol. The summed E-state index contributed by atoms with van der Waals surface area (Å²) in [4.78, 5) is 13.7. The van der Waals surface area contributed by atoms with E-state index in [2.05, 4.69) is 4.72 Å². The molecule has 0 aliphatic carbocycles. The van der Waals surface area contributed by atoms with Gasteiger partial charge in [0.05, 0.1) is 4.90 Å². The van der Waals surface area contributed by atoms with Crippen LogP contribution in [0.2, 0.25) is 0 Å². The zero-order valence-corrected chi connectivity index (χ0v) is 15.6. The van der Waals surface area contributed by atoms with Gasteiger partial charge in [0.25, 0.3) is 10.0 Å². The Labute approximate surface area is 148 Å². The molecule has 3 rings (SSSR count). The third kappa shape index (κ3) is 3.26. The van der Waals surface area contributed by atoms with E-state index in [0.29, 0.717) is 12.2 Å². The number of aryl methyl sites for hydroxylation is 1. The van der Waals surface area contributed by atoms with Crippen molar-refractivity contribution in [2.24, 2.45) is 0 Å². The Balaban J connectivity index is 2.00. The molecule has 0 radical (unpaired) electrons. The molecule has 25 heavy (non-hydrogen) atoms. The number of carbonyl (C=O) groups is 1. The first-order chi connectivity index (χ1) is 11.6. The summed E-state index contributed by atoms with van der Waals surface area (Å²) in [6.07, 6.45) is 0. The van der Waals surface area contributed by atoms with Crippen LogP contribution in [0.4, 0.5) is 11.4 Å². The van der Waals surface area contributed by atoms with Crippen LogP contribution in [0.5, 0.6) is 0 Å². The van der Waals surface area contributed by atoms with Gasteiger partial charge in [0, 0.05) is 30.3 Å². The maximum Gasteiger partial charge on any atom is 0.261 e. The molecule has 1 amide bonds. The Morgan fingerprint density at radius 3 is 2.52 bits per heavy atom. The zero-order valence-electron chi connectivity index (χ0n) is 14.8. The molecule has 0 saturated carbocycles. The van der Waals surface area contributed by atoms with Crippen LogP contribution in [0.15, 0.2) is 47.4 Å². The highest BCUT2D eigenvalue weighted by Crippen LogP contribution is 2.41. The van der Waals surface area contributed by atoms with E-state index in [-0.39, 0.29) is 16.2 Å². The van der Waals surface area contributed by atoms with Crippen LogP contribution in [-0.4, -0.2) is 20.9 Å². The van der Waals surface area contributed by atoms with E-state index >= 15 is 0 Å². The van der Waals surface area contributed by atoms with Crippen molar-refractivity contribution in [1.82, 2.24) is 0 Å². The average Bonchev–Trinajstić information content (AvgIpc) is 2.78. The molecule has 5 nitrogen and oxygen atoms in total. The van der Waals surface area contributed by atoms with Crippen molar-refractivity contribution in [2.45, 2.75) is 38.0 Å². The summed E-state index contributed by atoms with van der Waals surface area (Å²) in [7, 11) is -3.69. The van der Waals surface area contributed by atoms with Crippen molar-refractivity contribution in [1.29, 1.82) is 0 Å². The van der Waals surface area contributed by atoms with E-state index in [4.69, 9.17) is 0 Å². The van der Waals surface area contributed by atoms with Crippen LogP contribution >= 0.6 is 0 Å². The first kappa shape index (κ1) is 17.5. The van der Waals surface area contributed by atoms with Gasteiger partial charge < -0.3 is 4.90 Å². The van der Waals surface area contributed by atoms with Crippen molar-refractivity contribution in [3.8, 4) is 0 Å². The molecule has 1 aliphatic heterocycles. The lowest BCUT2D eigenvalue weighted by Crippen LogP contribution is -2.31. The van der Waals surface area contributed by atoms with Crippen molar-refractivity contribution in [3.63, 3.8) is 0 Å². The summed E-state index contributed by atoms with van der Waals surface area (Å²) in [5.74, 6) is -0.0414. The molecule has 2 aromatic carbocycles. The van der Waals surface area contributed by atoms with Crippen LogP contribution in [0.1, 0.15) is 31.9 Å². The number of sulfonamides is 1. The lowest BCUT2D eigenvalue weighted by Gasteiger charge is -2.19. The van der Waals surface area contributed by atoms with Crippen LogP contribution in [0.25, 0.3) is 0 Å². The average molecular weight is 358 g/mol. The van der Waals surface area contributed by atoms with E-state index < -0.39 is 10.0 Å². The number of nitrogens with zero attached hydrogens (tertiary/aromatic N) is 1. The minimum Gasteiger partial charge on any atom is -0.311 e. The molecular weight excluding hydrogens is 336 g/mol. The lowest BCUT2D eigenvalue weighted by atomic mass is 9.87. The van der Waals surface area contributed by atoms with Crippen LogP contribution in [0.3, 0.4) is 0 Å². The van der Waals surface area contributed by atoms with E-state index in [1.165, 1.54) is 6.92 Å². The maximum absolute atomic E-state index is 12.7. The fraction of sp³-hybridized carbons (Fsp3) is 0.316. The van der Waals surface area contributed by atoms with Crippen molar-refractivity contribution >= 4 is 27.3 Å². The van der Waals surface area contributed by atoms with Gasteiger partial charge in [-0.1, -0.05) is 26.0 Å². The highest BCUT2D eigenvalue weighted by Gasteiger charge is 2.37. The van der Waals surface area contributed by atoms with E-state index in [0.717, 1.165) is 16.8 Å². The minimum atomic E-state index is -3.69. The van der Waals surface area contributed by atoms with Gasteiger partial charge in [0.1, 0.15) is 0 Å². The van der Waals surface area contributed by atoms with Crippen molar-refractivity contribution in [2.75, 3.05) is 16.2 Å². The molecule has 0 fully saturated rings. The molecule has 0 spiro atoms. The topological polar surface area (TPSA) is 66.5 Å². The lowest BCUT2D eigenvalue weighted by molar-refractivity contribution is -0.116. The van der Waals surface area contributed by atoms with Gasteiger partial charge in [-0.05, 0) is 48.4 Å². The normalized spacial score (nSPS) is 15.8. The fourth-order valence-corrected chi connectivity index (χ4v) is 4.30. The number of benzene rings is 2. The van der Waals surface area contributed by atoms with Gasteiger partial charge in [-0.25, -0.2) is 8.42 Å². The summed E-state index contributed by atoms with van der Waals surface area (Å²) < 4.78 is 28.1. The number of carbonyl (C=O) groups excluding carboxylic acids is 1. The van der Waals surface area contributed by atoms with Gasteiger partial charge in [0.2, 0.25) is 5.91 Å². The van der Waals surface area contributed by atoms with Crippen LogP contribution in [-0.2, 0) is 20.2 Å². The van der Waals surface area contributed by atoms with Gasteiger partial charge in [-0.3, -0.25) is 9.52 Å². The molecule has 2 aromatic rings. The number of fused-ring (bicyclic) bond motifs is 1. The predicted octanol–water partition coefficient (Wildman–Crippen LogP) is 3.44. The number of nitrogens with one attached hydrogen (secondary N) is 1. The molecule has 0 atom stereocenters. The molecule has 0 bridgehead atoms. The molecule has 1 N–H and O–H groups in total. The van der Waals surface area contributed by atoms with Gasteiger partial charge in [-0.15, -0.1) is 0 Å². The Kier molecular flexibility index (Phi) is 4.11. The zero-order chi connectivity index (χ0) is 18.4. The first-order valence-corrected chi connectivity index (χ1v) is 9.61. The molecule has 0 saturated heterocycles. The fourth-order valence-electron chi connectivity index (χ4n) is 3.23. The maximum atomic E-state index is 12.7. The SMILES string of the molecule is CC(=O)N1CC(C)(C)c2cc(S(=O)(=O)Nc3cccc(C)c3)ccc21. The summed E-state index contributed by atoms with van der Waals surface area (Å²) in [6, 6.07) is 12.2. The van der Waals surface area contributed by atoms with Gasteiger partial charge in [-0.2, -0.15) is 0 Å². The second kappa shape index (κ2) is 5.88. The van der Waals surface area contributed by atoms with Crippen LogP contribution in [0, 0.1) is 6.92 Å². The number of hydrogen-bond donors (Lipinski definition) is 1. The number of hydrogen-bond acceptors (Lipinski definition) is 3. The summed E-state index contributed by atoms with van der Waals surface area (Å²) in [6.45, 7) is 8.01. The quantitative estimate of drug-likeness (QED) is 0.914. The monoisotopic (exact) mass is 358 g/mol. The largest absolute Gasteiger partial charge is 0.311 e. The second-order valence-electron chi connectivity index (χ2n) is 7.14. The molecule has 1 aliphatic rings. The van der Waals surface area contributed by atoms with Crippen molar-refractivity contribution in [3.05, 3.63) is 53.6 Å². The van der Waals surface area contributed by atoms with E-state index in [1.807, 2.05) is 32.9 Å². The Morgan fingerprint density at radius 1 is 1.16 bits per heavy atom. The Morgan fingerprint density at radius 2 is 1.88 bits per heavy atom. The Bertz CT molecular complexity index is 949. The molecule has 1 heterocycles. The molecule has 132 valence electrons. The number of amides is 1. The third-order valence-corrected chi connectivity index (χ3v) is 5.88. The van der Waals surface area contributed by atoms with Crippen LogP contribution < -0.4 is 9.62 Å². The highest BCUT2D eigenvalue weighted by atomic mass is 32.2. The molecule has 0 unspecified atom stereocenters. The Hall–Kier alpha value is -2.34. The molecular formula is C19H22N2O3S. The summed E-state index contributed by atoms with van der Waals surface area (Å²) >= 11 is 0. The van der Waals surface area contributed by atoms with E-state index in [1.54, 1.807) is 35.2 Å². The highest BCUT2D eigenvalue weighted by molar-refractivity contribution is 7.92. The minimum absolute atomic E-state index is 0.0414. The van der Waals surface area contributed by atoms with Gasteiger partial charge >= 0.3 is 0 Å². The number of rotatable bonds is 3. The van der Waals surface area contributed by atoms with Gasteiger partial charge in [0.15, 0.2) is 0 Å². The second-order valence-corrected chi connectivity index (χ2v) is 8.83. The standard InChI is InChI=1S/C19H22N2O3S/c1-13-6-5-7-15(10-13)20-25(23,24)16-8-9-18-17(11-16)19(3,4)12-21(18)14(2)22/h5-11,20H,12H2,1-4H3. The molecule has 6 heteroatoms. The van der Waals surface area contributed by atoms with Crippen molar-refractivity contribution < 1.29 is 13.2 Å². The third-order valence-electron chi connectivity index (χ3n) is 4.50. The smallest absolute Gasteiger partial charge is 0.261 e. The first-order valence-electron chi connectivity index (χ1n) is 8.12.